The Balaban J connectivity index is 5.55. The zero-order chi connectivity index (χ0) is 17.9. The lowest BCUT2D eigenvalue weighted by atomic mass is 10.2. The Morgan fingerprint density at radius 2 is 1.59 bits per heavy atom. The molecule has 4 nitrogen and oxygen atoms in total. The van der Waals surface area contributed by atoms with Gasteiger partial charge in [0.1, 0.15) is 5.60 Å². The van der Waals surface area contributed by atoms with Crippen molar-refractivity contribution in [3.63, 3.8) is 0 Å². The highest BCUT2D eigenvalue weighted by molar-refractivity contribution is 6.83. The van der Waals surface area contributed by atoms with E-state index in [9.17, 15) is 9.59 Å². The Labute approximate surface area is 148 Å². The van der Waals surface area contributed by atoms with Crippen molar-refractivity contribution in [3.05, 3.63) is 11.3 Å². The van der Waals surface area contributed by atoms with Crippen LogP contribution in [0.3, 0.4) is 0 Å². The zero-order valence-corrected chi connectivity index (χ0v) is 17.4. The lowest BCUT2D eigenvalue weighted by Gasteiger charge is -2.31. The minimum atomic E-state index is -2.21. The SMILES string of the molecule is C/C=C(/CN(C(=O)OC(C)(C)C)C(=O)C(Cl)(Cl)Cl)[Si](C)(C)C. The summed E-state index contributed by atoms with van der Waals surface area (Å²) in [4.78, 5) is 25.5. The lowest BCUT2D eigenvalue weighted by Crippen LogP contribution is -2.48. The summed E-state index contributed by atoms with van der Waals surface area (Å²) in [5, 5.41) is 0.987. The molecule has 0 aromatic heterocycles. The predicted octanol–water partition coefficient (Wildman–Crippen LogP) is 4.94. The van der Waals surface area contributed by atoms with Crippen LogP contribution in [0.1, 0.15) is 27.7 Å². The number of amides is 2. The molecule has 128 valence electrons. The van der Waals surface area contributed by atoms with Gasteiger partial charge in [-0.2, -0.15) is 0 Å². The van der Waals surface area contributed by atoms with Crippen LogP contribution in [0.15, 0.2) is 11.3 Å². The first-order chi connectivity index (χ1) is 9.59. The van der Waals surface area contributed by atoms with Gasteiger partial charge in [-0.25, -0.2) is 9.69 Å². The van der Waals surface area contributed by atoms with Crippen LogP contribution in [0.4, 0.5) is 4.79 Å². The summed E-state index contributed by atoms with van der Waals surface area (Å²) in [7, 11) is -1.73. The molecule has 0 aromatic rings. The first kappa shape index (κ1) is 21.8. The van der Waals surface area contributed by atoms with Crippen LogP contribution < -0.4 is 0 Å². The summed E-state index contributed by atoms with van der Waals surface area (Å²) in [6.07, 6.45) is 1.08. The van der Waals surface area contributed by atoms with Gasteiger partial charge in [0.25, 0.3) is 9.70 Å². The van der Waals surface area contributed by atoms with Gasteiger partial charge in [-0.3, -0.25) is 4.79 Å². The average molecular weight is 389 g/mol. The molecule has 22 heavy (non-hydrogen) atoms. The Morgan fingerprint density at radius 3 is 1.86 bits per heavy atom. The van der Waals surface area contributed by atoms with Gasteiger partial charge in [0.05, 0.1) is 8.07 Å². The second-order valence-electron chi connectivity index (χ2n) is 6.93. The van der Waals surface area contributed by atoms with Crippen LogP contribution in [-0.2, 0) is 9.53 Å². The maximum atomic E-state index is 12.3. The van der Waals surface area contributed by atoms with E-state index in [1.165, 1.54) is 0 Å². The molecule has 0 aliphatic carbocycles. The van der Waals surface area contributed by atoms with Crippen molar-refractivity contribution in [1.29, 1.82) is 0 Å². The molecule has 0 aliphatic heterocycles. The van der Waals surface area contributed by atoms with Gasteiger partial charge in [-0.15, -0.1) is 0 Å². The van der Waals surface area contributed by atoms with E-state index in [1.807, 2.05) is 13.0 Å². The summed E-state index contributed by atoms with van der Waals surface area (Å²) in [5.74, 6) is -0.913. The molecular formula is C14H24Cl3NO3Si. The van der Waals surface area contributed by atoms with Crippen molar-refractivity contribution in [2.75, 3.05) is 6.54 Å². The molecule has 0 aliphatic rings. The fourth-order valence-corrected chi connectivity index (χ4v) is 3.43. The van der Waals surface area contributed by atoms with Crippen LogP contribution in [0.2, 0.25) is 19.6 Å². The van der Waals surface area contributed by atoms with Crippen molar-refractivity contribution in [2.24, 2.45) is 0 Å². The number of carbonyl (C=O) groups is 2. The average Bonchev–Trinajstić information content (AvgIpc) is 2.23. The van der Waals surface area contributed by atoms with Crippen molar-refractivity contribution < 1.29 is 14.3 Å². The highest BCUT2D eigenvalue weighted by atomic mass is 35.6. The summed E-state index contributed by atoms with van der Waals surface area (Å²) >= 11 is 17.0. The molecule has 0 bridgehead atoms. The van der Waals surface area contributed by atoms with Gasteiger partial charge in [-0.1, -0.05) is 65.7 Å². The summed E-state index contributed by atoms with van der Waals surface area (Å²) in [5.41, 5.74) is -0.752. The maximum Gasteiger partial charge on any atom is 0.417 e. The number of alkyl halides is 3. The molecule has 8 heteroatoms. The number of nitrogens with zero attached hydrogens (tertiary/aromatic N) is 1. The van der Waals surface area contributed by atoms with E-state index in [2.05, 4.69) is 19.6 Å². The topological polar surface area (TPSA) is 46.6 Å². The third-order valence-electron chi connectivity index (χ3n) is 2.74. The van der Waals surface area contributed by atoms with E-state index in [0.717, 1.165) is 10.1 Å². The normalized spacial score (nSPS) is 13.8. The lowest BCUT2D eigenvalue weighted by molar-refractivity contribution is -0.128. The molecule has 0 aromatic carbocycles. The molecule has 0 unspecified atom stereocenters. The standard InChI is InChI=1S/C14H24Cl3NO3Si/c1-8-10(22(5,6)7)9-18(11(19)14(15,16)17)12(20)21-13(2,3)4/h8H,9H2,1-7H3/b10-8-. The number of rotatable bonds is 3. The van der Waals surface area contributed by atoms with Crippen molar-refractivity contribution in [2.45, 2.75) is 56.7 Å². The Bertz CT molecular complexity index is 459. The van der Waals surface area contributed by atoms with E-state index in [-0.39, 0.29) is 6.54 Å². The number of hydrogen-bond donors (Lipinski definition) is 0. The molecule has 0 saturated carbocycles. The molecule has 0 spiro atoms. The molecule has 2 amide bonds. The smallest absolute Gasteiger partial charge is 0.417 e. The van der Waals surface area contributed by atoms with Gasteiger partial charge >= 0.3 is 6.09 Å². The van der Waals surface area contributed by atoms with Crippen LogP contribution in [0.5, 0.6) is 0 Å². The Hall–Kier alpha value is -0.233. The van der Waals surface area contributed by atoms with Crippen LogP contribution in [-0.4, -0.2) is 40.9 Å². The van der Waals surface area contributed by atoms with Crippen LogP contribution in [0.25, 0.3) is 0 Å². The second-order valence-corrected chi connectivity index (χ2v) is 14.4. The van der Waals surface area contributed by atoms with Crippen LogP contribution in [0, 0.1) is 0 Å². The highest BCUT2D eigenvalue weighted by Gasteiger charge is 2.41. The number of halogens is 3. The minimum Gasteiger partial charge on any atom is -0.443 e. The van der Waals surface area contributed by atoms with Gasteiger partial charge in [0, 0.05) is 6.54 Å². The molecule has 0 N–H and O–H groups in total. The molecule has 0 radical (unpaired) electrons. The zero-order valence-electron chi connectivity index (χ0n) is 14.1. The summed E-state index contributed by atoms with van der Waals surface area (Å²) in [6.45, 7) is 13.4. The van der Waals surface area contributed by atoms with Gasteiger partial charge < -0.3 is 4.74 Å². The van der Waals surface area contributed by atoms with Gasteiger partial charge in [0.15, 0.2) is 0 Å². The maximum absolute atomic E-state index is 12.3. The predicted molar refractivity (Wildman–Crippen MR) is 95.3 cm³/mol. The molecule has 0 saturated heterocycles. The highest BCUT2D eigenvalue weighted by Crippen LogP contribution is 2.30. The Kier molecular flexibility index (Phi) is 7.48. The van der Waals surface area contributed by atoms with E-state index >= 15 is 0 Å². The van der Waals surface area contributed by atoms with E-state index in [1.54, 1.807) is 20.8 Å². The fourth-order valence-electron chi connectivity index (χ4n) is 1.62. The third kappa shape index (κ3) is 7.35. The monoisotopic (exact) mass is 387 g/mol. The number of ether oxygens (including phenoxy) is 1. The third-order valence-corrected chi connectivity index (χ3v) is 5.60. The first-order valence-electron chi connectivity index (χ1n) is 6.87. The van der Waals surface area contributed by atoms with E-state index in [0.29, 0.717) is 0 Å². The summed E-state index contributed by atoms with van der Waals surface area (Å²) < 4.78 is 3.04. The van der Waals surface area contributed by atoms with E-state index in [4.69, 9.17) is 39.5 Å². The molecule has 0 fully saturated rings. The second kappa shape index (κ2) is 7.56. The molecule has 0 atom stereocenters. The summed E-state index contributed by atoms with van der Waals surface area (Å²) in [6, 6.07) is 0. The fraction of sp³-hybridized carbons (Fsp3) is 0.714. The largest absolute Gasteiger partial charge is 0.443 e. The van der Waals surface area contributed by atoms with Crippen molar-refractivity contribution in [3.8, 4) is 0 Å². The number of imide groups is 1. The molecule has 0 rings (SSSR count). The van der Waals surface area contributed by atoms with Gasteiger partial charge in [-0.05, 0) is 27.7 Å². The number of carbonyl (C=O) groups excluding carboxylic acids is 2. The van der Waals surface area contributed by atoms with Crippen LogP contribution >= 0.6 is 34.8 Å². The van der Waals surface area contributed by atoms with Crippen molar-refractivity contribution in [1.82, 2.24) is 4.90 Å². The minimum absolute atomic E-state index is 0.0634. The number of allylic oxidation sites excluding steroid dienone is 1. The molecular weight excluding hydrogens is 365 g/mol. The number of hydrogen-bond acceptors (Lipinski definition) is 3. The van der Waals surface area contributed by atoms with Gasteiger partial charge in [0.2, 0.25) is 0 Å². The first-order valence-corrected chi connectivity index (χ1v) is 11.5. The van der Waals surface area contributed by atoms with Crippen molar-refractivity contribution >= 4 is 54.9 Å². The quantitative estimate of drug-likeness (QED) is 0.508. The molecule has 0 heterocycles. The van der Waals surface area contributed by atoms with E-state index < -0.39 is 29.5 Å². The Morgan fingerprint density at radius 1 is 1.14 bits per heavy atom.